The van der Waals surface area contributed by atoms with E-state index in [0.717, 1.165) is 0 Å². The number of hydrogen-bond acceptors (Lipinski definition) is 1. The topological polar surface area (TPSA) is 3.24 Å². The van der Waals surface area contributed by atoms with Gasteiger partial charge in [-0.05, 0) is 0 Å². The van der Waals surface area contributed by atoms with Crippen LogP contribution in [0, 0.1) is 0 Å². The molecule has 0 saturated heterocycles. The molecule has 0 aromatic carbocycles. The van der Waals surface area contributed by atoms with Gasteiger partial charge in [0.15, 0.2) is 0 Å². The molecule has 116 valence electrons. The fourth-order valence-electron chi connectivity index (χ4n) is 2.39. The Kier molecular flexibility index (Phi) is 15.3. The maximum atomic E-state index is 2.52. The summed E-state index contributed by atoms with van der Waals surface area (Å²) in [5, 5.41) is 7.54. The molecule has 0 amide bonds. The molecular formula is C14H30Cl3NTi. The van der Waals surface area contributed by atoms with E-state index in [1.165, 1.54) is 32.5 Å². The first-order valence-corrected chi connectivity index (χ1v) is 12.1. The molecule has 0 saturated carbocycles. The van der Waals surface area contributed by atoms with Crippen molar-refractivity contribution in [1.29, 1.82) is 0 Å². The Hall–Kier alpha value is 1.02. The van der Waals surface area contributed by atoms with Crippen molar-refractivity contribution in [2.45, 2.75) is 42.4 Å². The van der Waals surface area contributed by atoms with Crippen LogP contribution in [0.3, 0.4) is 0 Å². The van der Waals surface area contributed by atoms with Crippen LogP contribution < -0.4 is 0 Å². The smallest absolute Gasteiger partial charge is 0.147 e. The Balaban J connectivity index is -0.000000853. The molecule has 0 radical (unpaired) electrons. The van der Waals surface area contributed by atoms with Gasteiger partial charge >= 0.3 is 105 Å². The molecule has 5 heteroatoms. The quantitative estimate of drug-likeness (QED) is 0.561. The second-order valence-corrected chi connectivity index (χ2v) is 13.6. The van der Waals surface area contributed by atoms with Crippen LogP contribution in [0.25, 0.3) is 0 Å². The third kappa shape index (κ3) is 8.14. The maximum absolute atomic E-state index is 2.52. The van der Waals surface area contributed by atoms with Crippen LogP contribution in [0.5, 0.6) is 0 Å². The zero-order chi connectivity index (χ0) is 12.2. The molecule has 0 atom stereocenters. The minimum Gasteiger partial charge on any atom is -0.147 e. The molecule has 0 unspecified atom stereocenters. The van der Waals surface area contributed by atoms with Gasteiger partial charge in [-0.2, -0.15) is 0 Å². The molecule has 1 aliphatic carbocycles. The molecule has 1 aliphatic rings. The third-order valence-corrected chi connectivity index (χ3v) is 7.17. The van der Waals surface area contributed by atoms with E-state index in [2.05, 4.69) is 46.6 Å². The van der Waals surface area contributed by atoms with Crippen molar-refractivity contribution in [2.75, 3.05) is 19.6 Å². The summed E-state index contributed by atoms with van der Waals surface area (Å²) in [5.41, 5.74) is 1.67. The van der Waals surface area contributed by atoms with Crippen molar-refractivity contribution in [3.05, 3.63) is 21.6 Å². The zero-order valence-corrected chi connectivity index (χ0v) is 16.9. The van der Waals surface area contributed by atoms with E-state index in [4.69, 9.17) is 0 Å². The standard InChI is InChI=1S/C11H18N.3CH3.3ClH.Ti/c1-3-12(4-2)10-9-11-7-5-6-8-11;;;;;;;/h5,7H,3-4,6,9-10H2,1-2H3;3*1H3;3*1H;. The van der Waals surface area contributed by atoms with Crippen molar-refractivity contribution in [3.63, 3.8) is 0 Å². The summed E-state index contributed by atoms with van der Waals surface area (Å²) < 4.78 is 1.83. The summed E-state index contributed by atoms with van der Waals surface area (Å²) in [6.45, 7) is 8.10. The predicted molar refractivity (Wildman–Crippen MR) is 92.5 cm³/mol. The van der Waals surface area contributed by atoms with Crippen LogP contribution in [0.15, 0.2) is 21.6 Å². The maximum Gasteiger partial charge on any atom is -0.147 e. The monoisotopic (exact) mass is 365 g/mol. The molecule has 0 spiro atoms. The van der Waals surface area contributed by atoms with E-state index in [9.17, 15) is 0 Å². The average molecular weight is 367 g/mol. The molecule has 1 rings (SSSR count). The summed E-state index contributed by atoms with van der Waals surface area (Å²) in [6.07, 6.45) is 7.26. The normalized spacial score (nSPS) is 14.0. The SMILES string of the molecule is CCN(CC)CCC1=[C]([Ti]([CH3])([CH3])[CH3])CC=C1.Cl.Cl.Cl. The van der Waals surface area contributed by atoms with E-state index < -0.39 is 16.6 Å². The van der Waals surface area contributed by atoms with Crippen LogP contribution >= 0.6 is 37.2 Å². The first kappa shape index (κ1) is 25.0. The van der Waals surface area contributed by atoms with Crippen molar-refractivity contribution >= 4 is 37.2 Å². The minimum absolute atomic E-state index is 0. The minimum atomic E-state index is -1.58. The largest absolute Gasteiger partial charge is 0.147 e. The van der Waals surface area contributed by atoms with Crippen molar-refractivity contribution < 1.29 is 16.6 Å². The zero-order valence-electron chi connectivity index (χ0n) is 12.9. The molecule has 0 heterocycles. The van der Waals surface area contributed by atoms with Gasteiger partial charge in [0.1, 0.15) is 0 Å². The molecule has 0 fully saturated rings. The van der Waals surface area contributed by atoms with Gasteiger partial charge in [0, 0.05) is 0 Å². The fraction of sp³-hybridized carbons (Fsp3) is 0.714. The first-order chi connectivity index (χ1) is 7.49. The summed E-state index contributed by atoms with van der Waals surface area (Å²) in [6, 6.07) is 0. The second kappa shape index (κ2) is 11.7. The van der Waals surface area contributed by atoms with Crippen molar-refractivity contribution in [2.24, 2.45) is 0 Å². The molecule has 0 aromatic heterocycles. The van der Waals surface area contributed by atoms with Gasteiger partial charge in [-0.3, -0.25) is 0 Å². The van der Waals surface area contributed by atoms with Gasteiger partial charge < -0.3 is 0 Å². The molecule has 0 aliphatic heterocycles. The Morgan fingerprint density at radius 1 is 1.05 bits per heavy atom. The van der Waals surface area contributed by atoms with Gasteiger partial charge in [-0.1, -0.05) is 0 Å². The molecule has 0 aromatic rings. The van der Waals surface area contributed by atoms with Crippen molar-refractivity contribution in [3.8, 4) is 0 Å². The van der Waals surface area contributed by atoms with E-state index in [1.807, 2.05) is 3.88 Å². The predicted octanol–water partition coefficient (Wildman–Crippen LogP) is 5.50. The van der Waals surface area contributed by atoms with Gasteiger partial charge in [0.25, 0.3) is 0 Å². The van der Waals surface area contributed by atoms with Gasteiger partial charge in [0.2, 0.25) is 0 Å². The van der Waals surface area contributed by atoms with Crippen LogP contribution in [0.1, 0.15) is 26.7 Å². The van der Waals surface area contributed by atoms with Crippen molar-refractivity contribution in [1.82, 2.24) is 4.90 Å². The number of nitrogens with zero attached hydrogens (tertiary/aromatic N) is 1. The van der Waals surface area contributed by atoms with E-state index in [-0.39, 0.29) is 37.2 Å². The number of allylic oxidation sites excluding steroid dienone is 3. The molecule has 0 bridgehead atoms. The molecule has 0 N–H and O–H groups in total. The van der Waals surface area contributed by atoms with Crippen LogP contribution in [-0.4, -0.2) is 24.5 Å². The fourth-order valence-corrected chi connectivity index (χ4v) is 5.36. The average Bonchev–Trinajstić information content (AvgIpc) is 2.67. The van der Waals surface area contributed by atoms with Crippen LogP contribution in [0.4, 0.5) is 0 Å². The Labute approximate surface area is 141 Å². The van der Waals surface area contributed by atoms with E-state index >= 15 is 0 Å². The molecule has 1 nitrogen and oxygen atoms in total. The van der Waals surface area contributed by atoms with Gasteiger partial charge in [0.05, 0.1) is 0 Å². The summed E-state index contributed by atoms with van der Waals surface area (Å²) in [4.78, 5) is 2.52. The van der Waals surface area contributed by atoms with Gasteiger partial charge in [-0.25, -0.2) is 0 Å². The summed E-state index contributed by atoms with van der Waals surface area (Å²) in [5.74, 6) is 0. The Morgan fingerprint density at radius 3 is 2.00 bits per heavy atom. The molecule has 19 heavy (non-hydrogen) atoms. The van der Waals surface area contributed by atoms with Crippen LogP contribution in [0.2, 0.25) is 15.7 Å². The summed E-state index contributed by atoms with van der Waals surface area (Å²) in [7, 11) is 0. The third-order valence-electron chi connectivity index (χ3n) is 3.53. The van der Waals surface area contributed by atoms with Gasteiger partial charge in [-0.15, -0.1) is 37.2 Å². The van der Waals surface area contributed by atoms with E-state index in [0.29, 0.717) is 0 Å². The van der Waals surface area contributed by atoms with E-state index in [1.54, 1.807) is 5.57 Å². The number of hydrogen-bond donors (Lipinski definition) is 0. The second-order valence-electron chi connectivity index (χ2n) is 5.64. The Morgan fingerprint density at radius 2 is 1.58 bits per heavy atom. The Bertz CT molecular complexity index is 292. The summed E-state index contributed by atoms with van der Waals surface area (Å²) >= 11 is -1.58. The first-order valence-electron chi connectivity index (χ1n) is 6.60. The number of rotatable bonds is 6. The molecular weight excluding hydrogens is 336 g/mol. The number of halogens is 3. The van der Waals surface area contributed by atoms with Crippen LogP contribution in [-0.2, 0) is 16.6 Å².